The van der Waals surface area contributed by atoms with Gasteiger partial charge in [0, 0.05) is 16.3 Å². The molecule has 0 fully saturated rings. The van der Waals surface area contributed by atoms with Crippen molar-refractivity contribution in [1.82, 2.24) is 9.97 Å². The van der Waals surface area contributed by atoms with Gasteiger partial charge in [0.25, 0.3) is 0 Å². The van der Waals surface area contributed by atoms with Gasteiger partial charge in [-0.25, -0.2) is 17.8 Å². The minimum atomic E-state index is -3.38. The number of aromatic amines is 1. The number of halogens is 2. The maximum absolute atomic E-state index is 13.4. The second-order valence-corrected chi connectivity index (χ2v) is 7.47. The maximum Gasteiger partial charge on any atom is 0.177 e. The van der Waals surface area contributed by atoms with Gasteiger partial charge < -0.3 is 4.98 Å². The van der Waals surface area contributed by atoms with E-state index in [-0.39, 0.29) is 4.90 Å². The number of imidazole rings is 1. The van der Waals surface area contributed by atoms with Crippen molar-refractivity contribution in [3.05, 3.63) is 46.7 Å². The van der Waals surface area contributed by atoms with E-state index in [1.54, 1.807) is 18.2 Å². The molecule has 0 atom stereocenters. The van der Waals surface area contributed by atoms with Gasteiger partial charge in [0.1, 0.15) is 17.2 Å². The van der Waals surface area contributed by atoms with Crippen molar-refractivity contribution in [3.63, 3.8) is 0 Å². The largest absolute Gasteiger partial charge is 0.338 e. The van der Waals surface area contributed by atoms with Crippen molar-refractivity contribution in [2.45, 2.75) is 4.90 Å². The van der Waals surface area contributed by atoms with E-state index in [0.717, 1.165) is 6.26 Å². The van der Waals surface area contributed by atoms with Crippen LogP contribution in [0.15, 0.2) is 45.8 Å². The molecule has 0 aliphatic carbocycles. The number of hydrogen-bond acceptors (Lipinski definition) is 3. The summed E-state index contributed by atoms with van der Waals surface area (Å²) < 4.78 is 37.6. The molecule has 0 aliphatic heterocycles. The van der Waals surface area contributed by atoms with Crippen molar-refractivity contribution in [1.29, 1.82) is 0 Å². The first kappa shape index (κ1) is 14.2. The zero-order valence-corrected chi connectivity index (χ0v) is 13.3. The molecule has 0 spiro atoms. The normalized spacial score (nSPS) is 12.0. The average molecular weight is 369 g/mol. The highest BCUT2D eigenvalue weighted by atomic mass is 79.9. The fourth-order valence-electron chi connectivity index (χ4n) is 2.11. The lowest BCUT2D eigenvalue weighted by molar-refractivity contribution is 0.602. The molecule has 0 unspecified atom stereocenters. The monoisotopic (exact) mass is 368 g/mol. The Bertz CT molecular complexity index is 951. The van der Waals surface area contributed by atoms with Crippen LogP contribution in [0.3, 0.4) is 0 Å². The Morgan fingerprint density at radius 3 is 2.71 bits per heavy atom. The fraction of sp³-hybridized carbons (Fsp3) is 0.0714. The Labute approximate surface area is 129 Å². The van der Waals surface area contributed by atoms with Crippen LogP contribution in [-0.2, 0) is 9.84 Å². The van der Waals surface area contributed by atoms with E-state index in [1.807, 2.05) is 0 Å². The third-order valence-electron chi connectivity index (χ3n) is 3.06. The van der Waals surface area contributed by atoms with Crippen LogP contribution >= 0.6 is 15.9 Å². The van der Waals surface area contributed by atoms with Gasteiger partial charge in [0.05, 0.1) is 10.4 Å². The van der Waals surface area contributed by atoms with E-state index in [0.29, 0.717) is 26.9 Å². The number of H-pyrrole nitrogens is 1. The van der Waals surface area contributed by atoms with Gasteiger partial charge in [0.2, 0.25) is 0 Å². The smallest absolute Gasteiger partial charge is 0.177 e. The zero-order valence-electron chi connectivity index (χ0n) is 10.9. The highest BCUT2D eigenvalue weighted by molar-refractivity contribution is 9.10. The molecule has 3 rings (SSSR count). The van der Waals surface area contributed by atoms with Gasteiger partial charge in [-0.2, -0.15) is 0 Å². The number of nitrogens with one attached hydrogen (secondary N) is 1. The van der Waals surface area contributed by atoms with Crippen LogP contribution in [0.4, 0.5) is 4.39 Å². The summed E-state index contributed by atoms with van der Waals surface area (Å²) in [5.74, 6) is 0.0180. The standard InChI is InChI=1S/C14H10BrFN2O2S/c1-21(19,20)12-4-2-3-11-13(12)18-14(17-11)9-7-8(16)5-6-10(9)15/h2-7H,1H3,(H,17,18). The van der Waals surface area contributed by atoms with Gasteiger partial charge in [-0.1, -0.05) is 22.0 Å². The molecular weight excluding hydrogens is 359 g/mol. The van der Waals surface area contributed by atoms with Crippen molar-refractivity contribution in [2.75, 3.05) is 6.26 Å². The van der Waals surface area contributed by atoms with Crippen molar-refractivity contribution in [3.8, 4) is 11.4 Å². The second-order valence-electron chi connectivity index (χ2n) is 4.63. The maximum atomic E-state index is 13.4. The molecule has 2 aromatic carbocycles. The molecule has 21 heavy (non-hydrogen) atoms. The molecule has 3 aromatic rings. The molecule has 0 aliphatic rings. The van der Waals surface area contributed by atoms with Gasteiger partial charge in [-0.05, 0) is 30.3 Å². The molecule has 1 aromatic heterocycles. The van der Waals surface area contributed by atoms with Gasteiger partial charge >= 0.3 is 0 Å². The van der Waals surface area contributed by atoms with Crippen LogP contribution in [0, 0.1) is 5.82 Å². The first-order valence-electron chi connectivity index (χ1n) is 6.00. The van der Waals surface area contributed by atoms with Crippen LogP contribution in [0.25, 0.3) is 22.4 Å². The van der Waals surface area contributed by atoms with Crippen molar-refractivity contribution >= 4 is 36.8 Å². The van der Waals surface area contributed by atoms with E-state index in [2.05, 4.69) is 25.9 Å². The van der Waals surface area contributed by atoms with E-state index in [4.69, 9.17) is 0 Å². The third kappa shape index (κ3) is 2.58. The lowest BCUT2D eigenvalue weighted by atomic mass is 10.2. The first-order valence-corrected chi connectivity index (χ1v) is 8.69. The van der Waals surface area contributed by atoms with E-state index in [9.17, 15) is 12.8 Å². The van der Waals surface area contributed by atoms with Gasteiger partial charge in [-0.3, -0.25) is 0 Å². The van der Waals surface area contributed by atoms with E-state index in [1.165, 1.54) is 18.2 Å². The summed E-state index contributed by atoms with van der Waals surface area (Å²) in [6.07, 6.45) is 1.13. The van der Waals surface area contributed by atoms with Crippen LogP contribution in [0.5, 0.6) is 0 Å². The molecular formula is C14H10BrFN2O2S. The molecule has 108 valence electrons. The zero-order chi connectivity index (χ0) is 15.2. The summed E-state index contributed by atoms with van der Waals surface area (Å²) >= 11 is 3.34. The Morgan fingerprint density at radius 1 is 1.24 bits per heavy atom. The number of sulfone groups is 1. The SMILES string of the molecule is CS(=O)(=O)c1cccc2[nH]c(-c3cc(F)ccc3Br)nc12. The van der Waals surface area contributed by atoms with Gasteiger partial charge in [-0.15, -0.1) is 0 Å². The molecule has 7 heteroatoms. The molecule has 0 radical (unpaired) electrons. The fourth-order valence-corrected chi connectivity index (χ4v) is 3.38. The number of para-hydroxylation sites is 1. The Kier molecular flexibility index (Phi) is 3.33. The summed E-state index contributed by atoms with van der Waals surface area (Å²) in [6.45, 7) is 0. The average Bonchev–Trinajstić information content (AvgIpc) is 2.83. The summed E-state index contributed by atoms with van der Waals surface area (Å²) in [6, 6.07) is 9.12. The molecule has 0 saturated carbocycles. The number of hydrogen-bond donors (Lipinski definition) is 1. The number of aromatic nitrogens is 2. The number of fused-ring (bicyclic) bond motifs is 1. The third-order valence-corrected chi connectivity index (χ3v) is 4.88. The van der Waals surface area contributed by atoms with E-state index < -0.39 is 15.7 Å². The summed E-state index contributed by atoms with van der Waals surface area (Å²) in [4.78, 5) is 7.49. The topological polar surface area (TPSA) is 62.8 Å². The Morgan fingerprint density at radius 2 is 2.00 bits per heavy atom. The molecule has 1 heterocycles. The quantitative estimate of drug-likeness (QED) is 0.752. The Hall–Kier alpha value is -1.73. The molecule has 0 saturated heterocycles. The summed E-state index contributed by atoms with van der Waals surface area (Å²) in [5, 5.41) is 0. The number of benzene rings is 2. The highest BCUT2D eigenvalue weighted by Crippen LogP contribution is 2.30. The predicted octanol–water partition coefficient (Wildman–Crippen LogP) is 3.54. The predicted molar refractivity (Wildman–Crippen MR) is 82.3 cm³/mol. The summed E-state index contributed by atoms with van der Waals surface area (Å²) in [7, 11) is -3.38. The highest BCUT2D eigenvalue weighted by Gasteiger charge is 2.16. The minimum absolute atomic E-state index is 0.148. The lowest BCUT2D eigenvalue weighted by Crippen LogP contribution is -1.97. The minimum Gasteiger partial charge on any atom is -0.338 e. The van der Waals surface area contributed by atoms with Gasteiger partial charge in [0.15, 0.2) is 9.84 Å². The van der Waals surface area contributed by atoms with Crippen molar-refractivity contribution < 1.29 is 12.8 Å². The Balaban J connectivity index is 2.30. The molecule has 4 nitrogen and oxygen atoms in total. The van der Waals surface area contributed by atoms with Crippen LogP contribution < -0.4 is 0 Å². The first-order chi connectivity index (χ1) is 9.86. The van der Waals surface area contributed by atoms with Crippen LogP contribution in [-0.4, -0.2) is 24.6 Å². The van der Waals surface area contributed by atoms with E-state index >= 15 is 0 Å². The second kappa shape index (κ2) is 4.92. The molecule has 0 amide bonds. The lowest BCUT2D eigenvalue weighted by Gasteiger charge is -2.00. The van der Waals surface area contributed by atoms with Crippen molar-refractivity contribution in [2.24, 2.45) is 0 Å². The number of nitrogens with zero attached hydrogens (tertiary/aromatic N) is 1. The summed E-state index contributed by atoms with van der Waals surface area (Å²) in [5.41, 5.74) is 1.47. The number of rotatable bonds is 2. The van der Waals surface area contributed by atoms with Crippen LogP contribution in [0.2, 0.25) is 0 Å². The van der Waals surface area contributed by atoms with Crippen LogP contribution in [0.1, 0.15) is 0 Å². The molecule has 1 N–H and O–H groups in total. The molecule has 0 bridgehead atoms.